The van der Waals surface area contributed by atoms with Gasteiger partial charge in [-0.3, -0.25) is 14.4 Å². The van der Waals surface area contributed by atoms with Gasteiger partial charge in [-0.25, -0.2) is 0 Å². The van der Waals surface area contributed by atoms with Gasteiger partial charge in [0.25, 0.3) is 11.8 Å². The summed E-state index contributed by atoms with van der Waals surface area (Å²) >= 11 is 7.38. The monoisotopic (exact) mass is 492 g/mol. The van der Waals surface area contributed by atoms with Crippen LogP contribution in [-0.2, 0) is 19.4 Å². The molecule has 2 aromatic carbocycles. The third kappa shape index (κ3) is 4.49. The molecule has 0 radical (unpaired) electrons. The molecule has 2 aromatic heterocycles. The molecule has 172 valence electrons. The number of nitrogens with one attached hydrogen (secondary N) is 2. The average Bonchev–Trinajstić information content (AvgIpc) is 3.21. The highest BCUT2D eigenvalue weighted by Crippen LogP contribution is 2.38. The Morgan fingerprint density at radius 3 is 2.62 bits per heavy atom. The van der Waals surface area contributed by atoms with E-state index in [2.05, 4.69) is 10.6 Å². The number of carbonyl (C=O) groups excluding carboxylic acids is 2. The van der Waals surface area contributed by atoms with Crippen LogP contribution in [0.15, 0.2) is 63.8 Å². The van der Waals surface area contributed by atoms with E-state index in [4.69, 9.17) is 16.0 Å². The van der Waals surface area contributed by atoms with Gasteiger partial charge in [0.05, 0.1) is 10.9 Å². The lowest BCUT2D eigenvalue weighted by atomic mass is 9.95. The van der Waals surface area contributed by atoms with Crippen molar-refractivity contribution in [2.75, 3.05) is 5.32 Å². The van der Waals surface area contributed by atoms with E-state index < -0.39 is 5.91 Å². The summed E-state index contributed by atoms with van der Waals surface area (Å²) in [5.74, 6) is -0.931. The van der Waals surface area contributed by atoms with Crippen LogP contribution in [0.5, 0.6) is 0 Å². The van der Waals surface area contributed by atoms with Crippen LogP contribution >= 0.6 is 22.9 Å². The number of fused-ring (bicyclic) bond motifs is 2. The van der Waals surface area contributed by atoms with Gasteiger partial charge in [-0.05, 0) is 55.0 Å². The Labute approximate surface area is 204 Å². The predicted octanol–water partition coefficient (Wildman–Crippen LogP) is 5.57. The number of amides is 2. The fourth-order valence-corrected chi connectivity index (χ4v) is 5.62. The summed E-state index contributed by atoms with van der Waals surface area (Å²) in [5.41, 5.74) is 2.39. The zero-order valence-electron chi connectivity index (χ0n) is 18.2. The number of rotatable bonds is 5. The van der Waals surface area contributed by atoms with Gasteiger partial charge in [0.2, 0.25) is 0 Å². The molecule has 1 aliphatic rings. The first-order valence-electron chi connectivity index (χ1n) is 11.0. The first kappa shape index (κ1) is 22.4. The number of thiophene rings is 1. The lowest BCUT2D eigenvalue weighted by Gasteiger charge is -2.13. The van der Waals surface area contributed by atoms with E-state index in [9.17, 15) is 14.4 Å². The molecule has 2 heterocycles. The smallest absolute Gasteiger partial charge is 0.292 e. The summed E-state index contributed by atoms with van der Waals surface area (Å²) in [7, 11) is 0. The average molecular weight is 493 g/mol. The van der Waals surface area contributed by atoms with Gasteiger partial charge in [-0.15, -0.1) is 11.3 Å². The molecule has 4 aromatic rings. The highest BCUT2D eigenvalue weighted by molar-refractivity contribution is 7.17. The van der Waals surface area contributed by atoms with Gasteiger partial charge in [0, 0.05) is 22.5 Å². The number of benzene rings is 2. The minimum atomic E-state index is -0.579. The van der Waals surface area contributed by atoms with E-state index in [-0.39, 0.29) is 22.7 Å². The van der Waals surface area contributed by atoms with Crippen molar-refractivity contribution in [3.05, 3.63) is 97.2 Å². The molecule has 0 spiro atoms. The first-order chi connectivity index (χ1) is 16.5. The predicted molar refractivity (Wildman–Crippen MR) is 134 cm³/mol. The Balaban J connectivity index is 1.44. The molecule has 1 aliphatic carbocycles. The number of halogens is 1. The Bertz CT molecular complexity index is 1460. The first-order valence-corrected chi connectivity index (χ1v) is 12.2. The summed E-state index contributed by atoms with van der Waals surface area (Å²) in [5, 5.41) is 6.99. The molecule has 0 fully saturated rings. The standard InChI is InChI=1S/C26H21ClN2O4S/c27-16-10-11-20-18(12-16)19(30)13-21(33-20)24(31)29-26-23(17-8-4-5-9-22(17)34-26)25(32)28-14-15-6-2-1-3-7-15/h1-3,6-7,10-13H,4-5,8-9,14H2,(H,28,32)(H,29,31). The van der Waals surface area contributed by atoms with E-state index in [0.29, 0.717) is 27.5 Å². The van der Waals surface area contributed by atoms with Gasteiger partial charge in [0.15, 0.2) is 11.2 Å². The number of carbonyl (C=O) groups is 2. The fraction of sp³-hybridized carbons (Fsp3) is 0.192. The van der Waals surface area contributed by atoms with Crippen LogP contribution in [0, 0.1) is 0 Å². The molecule has 0 bridgehead atoms. The summed E-state index contributed by atoms with van der Waals surface area (Å²) < 4.78 is 5.67. The molecule has 2 N–H and O–H groups in total. The fourth-order valence-electron chi connectivity index (χ4n) is 4.17. The maximum absolute atomic E-state index is 13.2. The van der Waals surface area contributed by atoms with Crippen molar-refractivity contribution in [2.24, 2.45) is 0 Å². The summed E-state index contributed by atoms with van der Waals surface area (Å²) in [6, 6.07) is 15.5. The normalized spacial score (nSPS) is 12.9. The lowest BCUT2D eigenvalue weighted by Crippen LogP contribution is -2.25. The second kappa shape index (κ2) is 9.44. The topological polar surface area (TPSA) is 88.4 Å². The third-order valence-corrected chi connectivity index (χ3v) is 7.28. The van der Waals surface area contributed by atoms with Gasteiger partial charge < -0.3 is 15.1 Å². The highest BCUT2D eigenvalue weighted by atomic mass is 35.5. The van der Waals surface area contributed by atoms with Gasteiger partial charge >= 0.3 is 0 Å². The van der Waals surface area contributed by atoms with Gasteiger partial charge in [-0.1, -0.05) is 41.9 Å². The molecule has 34 heavy (non-hydrogen) atoms. The van der Waals surface area contributed by atoms with Crippen LogP contribution < -0.4 is 16.1 Å². The van der Waals surface area contributed by atoms with Crippen molar-refractivity contribution in [3.8, 4) is 0 Å². The molecule has 0 saturated heterocycles. The second-order valence-corrected chi connectivity index (χ2v) is 9.69. The summed E-state index contributed by atoms with van der Waals surface area (Å²) in [6.07, 6.45) is 3.72. The van der Waals surface area contributed by atoms with Crippen molar-refractivity contribution in [2.45, 2.75) is 32.2 Å². The van der Waals surface area contributed by atoms with E-state index in [1.807, 2.05) is 30.3 Å². The molecule has 6 nitrogen and oxygen atoms in total. The largest absolute Gasteiger partial charge is 0.451 e. The van der Waals surface area contributed by atoms with Crippen LogP contribution in [0.3, 0.4) is 0 Å². The van der Waals surface area contributed by atoms with E-state index in [1.165, 1.54) is 17.4 Å². The molecule has 5 rings (SSSR count). The molecule has 0 saturated carbocycles. The molecular formula is C26H21ClN2O4S. The maximum atomic E-state index is 13.2. The number of hydrogen-bond donors (Lipinski definition) is 2. The zero-order chi connectivity index (χ0) is 23.7. The van der Waals surface area contributed by atoms with Gasteiger partial charge in [-0.2, -0.15) is 0 Å². The van der Waals surface area contributed by atoms with Crippen LogP contribution in [0.1, 0.15) is 49.8 Å². The van der Waals surface area contributed by atoms with E-state index in [0.717, 1.165) is 47.8 Å². The molecule has 2 amide bonds. The Morgan fingerprint density at radius 1 is 1.00 bits per heavy atom. The van der Waals surface area contributed by atoms with E-state index >= 15 is 0 Å². The van der Waals surface area contributed by atoms with Crippen LogP contribution in [-0.4, -0.2) is 11.8 Å². The van der Waals surface area contributed by atoms with Crippen molar-refractivity contribution in [3.63, 3.8) is 0 Å². The molecule has 0 aliphatic heterocycles. The van der Waals surface area contributed by atoms with Crippen molar-refractivity contribution in [1.29, 1.82) is 0 Å². The number of aryl methyl sites for hydroxylation is 1. The minimum absolute atomic E-state index is 0.123. The van der Waals surface area contributed by atoms with Crippen LogP contribution in [0.25, 0.3) is 11.0 Å². The SMILES string of the molecule is O=C(Nc1sc2c(c1C(=O)NCc1ccccc1)CCCC2)c1cc(=O)c2cc(Cl)ccc2o1. The lowest BCUT2D eigenvalue weighted by molar-refractivity contribution is 0.0951. The number of hydrogen-bond acceptors (Lipinski definition) is 5. The van der Waals surface area contributed by atoms with Gasteiger partial charge in [0.1, 0.15) is 10.6 Å². The second-order valence-electron chi connectivity index (χ2n) is 8.15. The molecule has 8 heteroatoms. The Kier molecular flexibility index (Phi) is 6.22. The van der Waals surface area contributed by atoms with Crippen molar-refractivity contribution in [1.82, 2.24) is 5.32 Å². The Morgan fingerprint density at radius 2 is 1.79 bits per heavy atom. The van der Waals surface area contributed by atoms with Crippen LogP contribution in [0.4, 0.5) is 5.00 Å². The molecular weight excluding hydrogens is 472 g/mol. The van der Waals surface area contributed by atoms with Crippen molar-refractivity contribution >= 4 is 50.7 Å². The Hall–Kier alpha value is -3.42. The summed E-state index contributed by atoms with van der Waals surface area (Å²) in [6.45, 7) is 0.389. The van der Waals surface area contributed by atoms with Crippen LogP contribution in [0.2, 0.25) is 5.02 Å². The minimum Gasteiger partial charge on any atom is -0.451 e. The third-order valence-electron chi connectivity index (χ3n) is 5.83. The van der Waals surface area contributed by atoms with Crippen molar-refractivity contribution < 1.29 is 14.0 Å². The number of anilines is 1. The summed E-state index contributed by atoms with van der Waals surface area (Å²) in [4.78, 5) is 39.9. The zero-order valence-corrected chi connectivity index (χ0v) is 19.7. The maximum Gasteiger partial charge on any atom is 0.292 e. The highest BCUT2D eigenvalue weighted by Gasteiger charge is 2.27. The van der Waals surface area contributed by atoms with E-state index in [1.54, 1.807) is 12.1 Å². The molecule has 0 atom stereocenters. The quantitative estimate of drug-likeness (QED) is 0.381. The molecule has 0 unspecified atom stereocenters.